The molecule has 4 aliphatic rings. The number of amides is 1. The number of hydrogen-bond acceptors (Lipinski definition) is 7. The van der Waals surface area contributed by atoms with Crippen molar-refractivity contribution < 1.29 is 9.53 Å². The molecule has 1 N–H and O–H groups in total. The van der Waals surface area contributed by atoms with E-state index in [9.17, 15) is 4.79 Å². The largest absolute Gasteiger partial charge is 0.477 e. The minimum Gasteiger partial charge on any atom is -0.477 e. The molecular formula is C33H41N7O2. The van der Waals surface area contributed by atoms with E-state index in [4.69, 9.17) is 14.7 Å². The van der Waals surface area contributed by atoms with Crippen molar-refractivity contribution in [3.05, 3.63) is 53.3 Å². The standard InChI is InChI=1S/C33H41N7O2/c1-21-5-4-14-42-33-28(19-34-40(33)27-8-9-27)29-16-24(15-22(2)35-29)32(41)37-31-17-23-6-7-26(18-30(23)39(31)20-21)36-25-10-12-38(3)13-11-25/h6-7,15-16,18-19,21,25,27,36H,4-5,8-14,17,20H2,1-3H3/t21-/m1/s1. The second-order valence-corrected chi connectivity index (χ2v) is 12.7. The zero-order valence-electron chi connectivity index (χ0n) is 25.0. The number of likely N-dealkylation sites (tertiary alicyclic amines) is 1. The molecule has 2 aromatic heterocycles. The van der Waals surface area contributed by atoms with Crippen molar-refractivity contribution in [1.29, 1.82) is 0 Å². The van der Waals surface area contributed by atoms with Crippen molar-refractivity contribution in [2.75, 3.05) is 43.5 Å². The van der Waals surface area contributed by atoms with Crippen LogP contribution < -0.4 is 15.0 Å². The monoisotopic (exact) mass is 567 g/mol. The number of anilines is 2. The van der Waals surface area contributed by atoms with Crippen LogP contribution in [0.4, 0.5) is 11.4 Å². The molecule has 9 nitrogen and oxygen atoms in total. The Morgan fingerprint density at radius 1 is 1.05 bits per heavy atom. The summed E-state index contributed by atoms with van der Waals surface area (Å²) in [6, 6.07) is 11.2. The van der Waals surface area contributed by atoms with E-state index in [1.807, 2.05) is 29.9 Å². The summed E-state index contributed by atoms with van der Waals surface area (Å²) >= 11 is 0. The number of hydrogen-bond donors (Lipinski definition) is 1. The molecule has 2 fully saturated rings. The maximum atomic E-state index is 13.7. The average Bonchev–Trinajstić information content (AvgIpc) is 3.65. The van der Waals surface area contributed by atoms with E-state index in [2.05, 4.69) is 52.4 Å². The van der Waals surface area contributed by atoms with Crippen molar-refractivity contribution >= 4 is 23.1 Å². The normalized spacial score (nSPS) is 21.9. The lowest BCUT2D eigenvalue weighted by Gasteiger charge is -2.30. The molecule has 1 saturated carbocycles. The predicted octanol–water partition coefficient (Wildman–Crippen LogP) is 5.50. The van der Waals surface area contributed by atoms with E-state index in [1.54, 1.807) is 0 Å². The highest BCUT2D eigenvalue weighted by atomic mass is 16.5. The fraction of sp³-hybridized carbons (Fsp3) is 0.515. The van der Waals surface area contributed by atoms with E-state index in [0.29, 0.717) is 42.3 Å². The molecule has 1 aliphatic carbocycles. The Kier molecular flexibility index (Phi) is 7.22. The number of ether oxygens (including phenoxy) is 1. The van der Waals surface area contributed by atoms with Crippen molar-refractivity contribution in [1.82, 2.24) is 19.7 Å². The summed E-state index contributed by atoms with van der Waals surface area (Å²) in [5.41, 5.74) is 6.39. The highest BCUT2D eigenvalue weighted by Crippen LogP contribution is 2.41. The van der Waals surface area contributed by atoms with Crippen LogP contribution in [0.2, 0.25) is 0 Å². The van der Waals surface area contributed by atoms with Gasteiger partial charge in [0.25, 0.3) is 5.91 Å². The molecule has 1 aromatic carbocycles. The summed E-state index contributed by atoms with van der Waals surface area (Å²) in [5.74, 6) is 1.75. The molecule has 1 atom stereocenters. The molecule has 3 aliphatic heterocycles. The Balaban J connectivity index is 1.22. The lowest BCUT2D eigenvalue weighted by atomic mass is 10.0. The Morgan fingerprint density at radius 2 is 1.88 bits per heavy atom. The second kappa shape index (κ2) is 11.2. The number of pyridine rings is 1. The molecule has 1 saturated heterocycles. The maximum Gasteiger partial charge on any atom is 0.278 e. The third kappa shape index (κ3) is 5.54. The van der Waals surface area contributed by atoms with Crippen LogP contribution in [-0.4, -0.2) is 70.7 Å². The van der Waals surface area contributed by atoms with Crippen LogP contribution >= 0.6 is 0 Å². The van der Waals surface area contributed by atoms with Crippen molar-refractivity contribution in [3.8, 4) is 17.1 Å². The van der Waals surface area contributed by atoms with E-state index in [1.165, 1.54) is 5.56 Å². The van der Waals surface area contributed by atoms with E-state index < -0.39 is 0 Å². The molecule has 1 amide bonds. The van der Waals surface area contributed by atoms with E-state index in [0.717, 1.165) is 92.5 Å². The average molecular weight is 568 g/mol. The highest BCUT2D eigenvalue weighted by Gasteiger charge is 2.31. The van der Waals surface area contributed by atoms with Crippen LogP contribution in [0.1, 0.15) is 73.1 Å². The molecule has 42 heavy (non-hydrogen) atoms. The molecule has 0 radical (unpaired) electrons. The number of nitrogens with zero attached hydrogens (tertiary/aromatic N) is 6. The molecule has 9 heteroatoms. The van der Waals surface area contributed by atoms with Gasteiger partial charge < -0.3 is 19.9 Å². The number of nitrogens with one attached hydrogen (secondary N) is 1. The topological polar surface area (TPSA) is 87.9 Å². The summed E-state index contributed by atoms with van der Waals surface area (Å²) in [6.45, 7) is 7.88. The number of aryl methyl sites for hydroxylation is 1. The van der Waals surface area contributed by atoms with E-state index >= 15 is 0 Å². The van der Waals surface area contributed by atoms with Gasteiger partial charge in [-0.3, -0.25) is 9.78 Å². The first kappa shape index (κ1) is 27.1. The first-order valence-electron chi connectivity index (χ1n) is 15.6. The summed E-state index contributed by atoms with van der Waals surface area (Å²) < 4.78 is 8.41. The Hall–Kier alpha value is -3.72. The Morgan fingerprint density at radius 3 is 2.69 bits per heavy atom. The van der Waals surface area contributed by atoms with E-state index in [-0.39, 0.29) is 5.91 Å². The zero-order valence-corrected chi connectivity index (χ0v) is 25.0. The van der Waals surface area contributed by atoms with Gasteiger partial charge in [0.1, 0.15) is 5.84 Å². The number of amidine groups is 1. The number of rotatable bonds is 3. The summed E-state index contributed by atoms with van der Waals surface area (Å²) in [4.78, 5) is 27.9. The van der Waals surface area contributed by atoms with Crippen LogP contribution in [0.25, 0.3) is 11.3 Å². The summed E-state index contributed by atoms with van der Waals surface area (Å²) in [7, 11) is 2.19. The molecule has 7 rings (SSSR count). The quantitative estimate of drug-likeness (QED) is 0.447. The number of piperidine rings is 1. The minimum atomic E-state index is -0.237. The van der Waals surface area contributed by atoms with Crippen LogP contribution in [0.3, 0.4) is 0 Å². The lowest BCUT2D eigenvalue weighted by molar-refractivity contribution is 0.100. The fourth-order valence-corrected chi connectivity index (χ4v) is 6.52. The van der Waals surface area contributed by atoms with Gasteiger partial charge in [0, 0.05) is 41.6 Å². The van der Waals surface area contributed by atoms with Gasteiger partial charge in [-0.1, -0.05) is 13.0 Å². The van der Waals surface area contributed by atoms with Gasteiger partial charge in [-0.15, -0.1) is 0 Å². The molecule has 5 heterocycles. The maximum absolute atomic E-state index is 13.7. The third-order valence-electron chi connectivity index (χ3n) is 9.05. The minimum absolute atomic E-state index is 0.237. The molecule has 0 unspecified atom stereocenters. The van der Waals surface area contributed by atoms with Crippen LogP contribution in [-0.2, 0) is 6.42 Å². The van der Waals surface area contributed by atoms with Gasteiger partial charge >= 0.3 is 0 Å². The van der Waals surface area contributed by atoms with Gasteiger partial charge in [-0.05, 0) is 101 Å². The van der Waals surface area contributed by atoms with Crippen molar-refractivity contribution in [2.24, 2.45) is 10.9 Å². The SMILES string of the molecule is Cc1cc2cc(n1)-c1cnn(C3CC3)c1OCCC[C@@H](C)CN1C(=NC2=O)Cc2ccc(NC3CCN(C)CC3)cc21. The smallest absolute Gasteiger partial charge is 0.278 e. The number of carbonyl (C=O) groups excluding carboxylic acids is 1. The van der Waals surface area contributed by atoms with Crippen molar-refractivity contribution in [3.63, 3.8) is 0 Å². The van der Waals surface area contributed by atoms with Gasteiger partial charge in [0.05, 0.1) is 30.1 Å². The number of benzene rings is 1. The molecule has 2 bridgehead atoms. The molecule has 3 aromatic rings. The van der Waals surface area contributed by atoms with Gasteiger partial charge in [-0.25, -0.2) is 4.68 Å². The Bertz CT molecular complexity index is 1520. The molecule has 220 valence electrons. The first-order chi connectivity index (χ1) is 20.4. The van der Waals surface area contributed by atoms with Crippen LogP contribution in [0.5, 0.6) is 5.88 Å². The molecular weight excluding hydrogens is 526 g/mol. The summed E-state index contributed by atoms with van der Waals surface area (Å²) in [5, 5.41) is 8.44. The number of aliphatic imine (C=N–C) groups is 1. The van der Waals surface area contributed by atoms with Crippen LogP contribution in [0.15, 0.2) is 41.5 Å². The van der Waals surface area contributed by atoms with Gasteiger partial charge in [0.15, 0.2) is 0 Å². The Labute approximate surface area is 248 Å². The van der Waals surface area contributed by atoms with Gasteiger partial charge in [0.2, 0.25) is 5.88 Å². The number of carbonyl (C=O) groups is 1. The summed E-state index contributed by atoms with van der Waals surface area (Å²) in [6.07, 6.45) is 8.96. The van der Waals surface area contributed by atoms with Crippen molar-refractivity contribution in [2.45, 2.75) is 70.9 Å². The number of fused-ring (bicyclic) bond motifs is 7. The fourth-order valence-electron chi connectivity index (χ4n) is 6.52. The lowest BCUT2D eigenvalue weighted by Crippen LogP contribution is -2.36. The predicted molar refractivity (Wildman–Crippen MR) is 166 cm³/mol. The van der Waals surface area contributed by atoms with Gasteiger partial charge in [-0.2, -0.15) is 10.1 Å². The van der Waals surface area contributed by atoms with Crippen LogP contribution in [0, 0.1) is 12.8 Å². The first-order valence-corrected chi connectivity index (χ1v) is 15.6. The third-order valence-corrected chi connectivity index (χ3v) is 9.05. The molecule has 0 spiro atoms. The second-order valence-electron chi connectivity index (χ2n) is 12.7. The number of aromatic nitrogens is 3. The zero-order chi connectivity index (χ0) is 28.8. The highest BCUT2D eigenvalue weighted by molar-refractivity contribution is 6.13.